The second kappa shape index (κ2) is 9.01. The molecule has 0 fully saturated rings. The molecule has 2 rings (SSSR count). The molecule has 0 aliphatic rings. The maximum atomic E-state index is 10.8. The van der Waals surface area contributed by atoms with Gasteiger partial charge in [-0.2, -0.15) is 0 Å². The number of phenols is 2. The van der Waals surface area contributed by atoms with Gasteiger partial charge in [-0.25, -0.2) is 0 Å². The number of hydrogen-bond donors (Lipinski definition) is 2. The number of phenolic OH excluding ortho intramolecular Hbond substituents is 2. The minimum absolute atomic E-state index is 0.147. The van der Waals surface area contributed by atoms with E-state index in [-0.39, 0.29) is 5.41 Å². The Morgan fingerprint density at radius 1 is 0.852 bits per heavy atom. The van der Waals surface area contributed by atoms with E-state index in [1.54, 1.807) is 0 Å². The van der Waals surface area contributed by atoms with E-state index in [4.69, 9.17) is 11.6 Å². The van der Waals surface area contributed by atoms with E-state index in [1.165, 1.54) is 12.8 Å². The predicted molar refractivity (Wildman–Crippen MR) is 115 cm³/mol. The van der Waals surface area contributed by atoms with Crippen molar-refractivity contribution < 1.29 is 10.2 Å². The zero-order chi connectivity index (χ0) is 20.2. The van der Waals surface area contributed by atoms with E-state index in [0.29, 0.717) is 22.9 Å². The summed E-state index contributed by atoms with van der Waals surface area (Å²) < 4.78 is 0. The van der Waals surface area contributed by atoms with Crippen LogP contribution in [0.2, 0.25) is 5.02 Å². The van der Waals surface area contributed by atoms with Crippen LogP contribution in [0.4, 0.5) is 0 Å². The third-order valence-corrected chi connectivity index (χ3v) is 5.27. The summed E-state index contributed by atoms with van der Waals surface area (Å²) in [5, 5.41) is 22.2. The van der Waals surface area contributed by atoms with Gasteiger partial charge in [-0.3, -0.25) is 0 Å². The fourth-order valence-electron chi connectivity index (χ4n) is 3.55. The van der Waals surface area contributed by atoms with Crippen LogP contribution in [0, 0.1) is 6.92 Å². The third-order valence-electron chi connectivity index (χ3n) is 5.05. The van der Waals surface area contributed by atoms with Crippen molar-refractivity contribution in [2.45, 2.75) is 78.6 Å². The lowest BCUT2D eigenvalue weighted by atomic mass is 9.83. The first kappa shape index (κ1) is 21.6. The first-order valence-electron chi connectivity index (χ1n) is 9.96. The summed E-state index contributed by atoms with van der Waals surface area (Å²) in [5.41, 5.74) is 4.39. The zero-order valence-electron chi connectivity index (χ0n) is 17.3. The van der Waals surface area contributed by atoms with Crippen LogP contribution >= 0.6 is 11.6 Å². The van der Waals surface area contributed by atoms with Gasteiger partial charge in [0.1, 0.15) is 11.5 Å². The quantitative estimate of drug-likeness (QED) is 0.498. The average molecular weight is 389 g/mol. The van der Waals surface area contributed by atoms with Gasteiger partial charge in [0.05, 0.1) is 0 Å². The Balaban J connectivity index is 2.35. The first-order valence-corrected chi connectivity index (χ1v) is 10.3. The van der Waals surface area contributed by atoms with Crippen molar-refractivity contribution in [3.05, 3.63) is 57.1 Å². The van der Waals surface area contributed by atoms with E-state index >= 15 is 0 Å². The average Bonchev–Trinajstić information content (AvgIpc) is 2.57. The van der Waals surface area contributed by atoms with Gasteiger partial charge in [-0.15, -0.1) is 0 Å². The Labute approximate surface area is 169 Å². The van der Waals surface area contributed by atoms with Gasteiger partial charge in [0.2, 0.25) is 0 Å². The summed E-state index contributed by atoms with van der Waals surface area (Å²) in [6, 6.07) is 7.70. The molecule has 2 nitrogen and oxygen atoms in total. The summed E-state index contributed by atoms with van der Waals surface area (Å²) in [6.45, 7) is 10.5. The van der Waals surface area contributed by atoms with Crippen LogP contribution in [-0.4, -0.2) is 10.2 Å². The fourth-order valence-corrected chi connectivity index (χ4v) is 3.81. The molecule has 2 aromatic rings. The molecule has 0 aliphatic carbocycles. The van der Waals surface area contributed by atoms with Crippen LogP contribution in [-0.2, 0) is 18.3 Å². The molecular formula is C24H33ClO2. The van der Waals surface area contributed by atoms with Gasteiger partial charge >= 0.3 is 0 Å². The van der Waals surface area contributed by atoms with E-state index < -0.39 is 0 Å². The van der Waals surface area contributed by atoms with Crippen molar-refractivity contribution in [1.29, 1.82) is 0 Å². The van der Waals surface area contributed by atoms with Crippen LogP contribution in [0.3, 0.4) is 0 Å². The van der Waals surface area contributed by atoms with E-state index in [9.17, 15) is 10.2 Å². The Kier molecular flexibility index (Phi) is 7.22. The second-order valence-electron chi connectivity index (χ2n) is 8.63. The molecule has 0 atom stereocenters. The van der Waals surface area contributed by atoms with E-state index in [0.717, 1.165) is 47.1 Å². The molecule has 0 saturated carbocycles. The molecule has 148 valence electrons. The number of aromatic hydroxyl groups is 2. The normalized spacial score (nSPS) is 11.8. The van der Waals surface area contributed by atoms with Gasteiger partial charge in [0.15, 0.2) is 0 Å². The molecule has 0 bridgehead atoms. The summed E-state index contributed by atoms with van der Waals surface area (Å²) >= 11 is 6.33. The SMILES string of the molecule is CCCCCCc1cc(Cl)cc(Cc2cc(C)cc(C(C)(C)C)c2O)c1O. The van der Waals surface area contributed by atoms with Gasteiger partial charge in [-0.05, 0) is 54.0 Å². The third kappa shape index (κ3) is 5.65. The van der Waals surface area contributed by atoms with Crippen molar-refractivity contribution >= 4 is 11.6 Å². The minimum Gasteiger partial charge on any atom is -0.507 e. The molecule has 0 aromatic heterocycles. The molecule has 0 heterocycles. The Bertz CT molecular complexity index is 788. The van der Waals surface area contributed by atoms with Crippen molar-refractivity contribution in [3.63, 3.8) is 0 Å². The van der Waals surface area contributed by atoms with Gasteiger partial charge in [-0.1, -0.05) is 76.3 Å². The zero-order valence-corrected chi connectivity index (χ0v) is 18.1. The van der Waals surface area contributed by atoms with Crippen molar-refractivity contribution in [2.24, 2.45) is 0 Å². The summed E-state index contributed by atoms with van der Waals surface area (Å²) in [6.07, 6.45) is 5.89. The highest BCUT2D eigenvalue weighted by Gasteiger charge is 2.21. The Morgan fingerprint density at radius 3 is 2.11 bits per heavy atom. The van der Waals surface area contributed by atoms with Crippen LogP contribution in [0.1, 0.15) is 81.2 Å². The largest absolute Gasteiger partial charge is 0.507 e. The molecule has 0 unspecified atom stereocenters. The number of halogens is 1. The smallest absolute Gasteiger partial charge is 0.122 e. The number of rotatable bonds is 7. The van der Waals surface area contributed by atoms with Crippen LogP contribution in [0.25, 0.3) is 0 Å². The van der Waals surface area contributed by atoms with Crippen molar-refractivity contribution in [3.8, 4) is 11.5 Å². The lowest BCUT2D eigenvalue weighted by Gasteiger charge is -2.23. The summed E-state index contributed by atoms with van der Waals surface area (Å²) in [7, 11) is 0. The standard InChI is InChI=1S/C24H33ClO2/c1-6-7-8-9-10-17-14-20(25)15-19(22(17)26)13-18-11-16(2)12-21(23(18)27)24(3,4)5/h11-12,14-15,26-27H,6-10,13H2,1-5H3. The number of benzene rings is 2. The highest BCUT2D eigenvalue weighted by molar-refractivity contribution is 6.30. The summed E-state index contributed by atoms with van der Waals surface area (Å²) in [5.74, 6) is 0.631. The molecule has 27 heavy (non-hydrogen) atoms. The topological polar surface area (TPSA) is 40.5 Å². The first-order chi connectivity index (χ1) is 12.6. The number of unbranched alkanes of at least 4 members (excludes halogenated alkanes) is 3. The molecule has 2 aromatic carbocycles. The monoisotopic (exact) mass is 388 g/mol. The van der Waals surface area contributed by atoms with Crippen LogP contribution in [0.5, 0.6) is 11.5 Å². The lowest BCUT2D eigenvalue weighted by Crippen LogP contribution is -2.12. The Morgan fingerprint density at radius 2 is 1.48 bits per heavy atom. The highest BCUT2D eigenvalue weighted by Crippen LogP contribution is 2.37. The highest BCUT2D eigenvalue weighted by atomic mass is 35.5. The van der Waals surface area contributed by atoms with Crippen LogP contribution < -0.4 is 0 Å². The minimum atomic E-state index is -0.147. The molecule has 0 spiro atoms. The Hall–Kier alpha value is -1.67. The van der Waals surface area contributed by atoms with Crippen molar-refractivity contribution in [2.75, 3.05) is 0 Å². The second-order valence-corrected chi connectivity index (χ2v) is 9.07. The fraction of sp³-hybridized carbons (Fsp3) is 0.500. The molecule has 3 heteroatoms. The molecule has 0 aliphatic heterocycles. The molecule has 0 saturated heterocycles. The van der Waals surface area contributed by atoms with Crippen molar-refractivity contribution in [1.82, 2.24) is 0 Å². The number of aryl methyl sites for hydroxylation is 2. The molecule has 0 amide bonds. The van der Waals surface area contributed by atoms with Gasteiger partial charge < -0.3 is 10.2 Å². The van der Waals surface area contributed by atoms with Crippen LogP contribution in [0.15, 0.2) is 24.3 Å². The molecule has 0 radical (unpaired) electrons. The lowest BCUT2D eigenvalue weighted by molar-refractivity contribution is 0.439. The van der Waals surface area contributed by atoms with E-state index in [1.807, 2.05) is 31.2 Å². The maximum Gasteiger partial charge on any atom is 0.122 e. The molecule has 2 N–H and O–H groups in total. The van der Waals surface area contributed by atoms with E-state index in [2.05, 4.69) is 27.7 Å². The van der Waals surface area contributed by atoms with Gasteiger partial charge in [0, 0.05) is 17.0 Å². The maximum absolute atomic E-state index is 10.8. The predicted octanol–water partition coefficient (Wildman–Crippen LogP) is 7.07. The summed E-state index contributed by atoms with van der Waals surface area (Å²) in [4.78, 5) is 0. The van der Waals surface area contributed by atoms with Gasteiger partial charge in [0.25, 0.3) is 0 Å². The molecular weight excluding hydrogens is 356 g/mol. The number of hydrogen-bond acceptors (Lipinski definition) is 2.